The van der Waals surface area contributed by atoms with Crippen LogP contribution in [0.15, 0.2) is 18.5 Å². The van der Waals surface area contributed by atoms with E-state index in [9.17, 15) is 4.79 Å². The van der Waals surface area contributed by atoms with Gasteiger partial charge >= 0.3 is 0 Å². The summed E-state index contributed by atoms with van der Waals surface area (Å²) in [5.41, 5.74) is 0.876. The third-order valence-corrected chi connectivity index (χ3v) is 2.56. The number of amides is 1. The first-order chi connectivity index (χ1) is 9.31. The van der Waals surface area contributed by atoms with Gasteiger partial charge in [0, 0.05) is 30.3 Å². The molecule has 0 spiro atoms. The summed E-state index contributed by atoms with van der Waals surface area (Å²) in [5, 5.41) is 18.6. The molecule has 0 aliphatic carbocycles. The highest BCUT2D eigenvalue weighted by Gasteiger charge is 2.12. The first kappa shape index (κ1) is 13.1. The van der Waals surface area contributed by atoms with Crippen LogP contribution in [-0.2, 0) is 0 Å². The Hall–Kier alpha value is -2.37. The summed E-state index contributed by atoms with van der Waals surface area (Å²) in [6, 6.07) is 1.56. The van der Waals surface area contributed by atoms with Crippen LogP contribution < -0.4 is 5.32 Å². The smallest absolute Gasteiger partial charge is 0.258 e. The Labute approximate surface area is 112 Å². The maximum absolute atomic E-state index is 12.0. The van der Waals surface area contributed by atoms with E-state index in [0.29, 0.717) is 22.7 Å². The number of rotatable bonds is 3. The van der Waals surface area contributed by atoms with Crippen LogP contribution in [0.25, 0.3) is 0 Å². The van der Waals surface area contributed by atoms with Gasteiger partial charge in [-0.1, -0.05) is 21.4 Å². The number of nitrogens with zero attached hydrogens (tertiary/aromatic N) is 4. The van der Waals surface area contributed by atoms with Gasteiger partial charge in [0.15, 0.2) is 0 Å². The van der Waals surface area contributed by atoms with Crippen molar-refractivity contribution in [1.82, 2.24) is 19.8 Å². The van der Waals surface area contributed by atoms with Crippen molar-refractivity contribution in [2.75, 3.05) is 11.9 Å². The Balaban J connectivity index is 2.20. The number of carbonyl (C=O) groups is 1. The van der Waals surface area contributed by atoms with Gasteiger partial charge in [-0.25, -0.2) is 0 Å². The van der Waals surface area contributed by atoms with Gasteiger partial charge in [-0.2, -0.15) is 0 Å². The van der Waals surface area contributed by atoms with Crippen LogP contribution >= 0.6 is 11.5 Å². The molecule has 0 radical (unpaired) electrons. The summed E-state index contributed by atoms with van der Waals surface area (Å²) in [7, 11) is 0. The average Bonchev–Trinajstić information content (AvgIpc) is 2.92. The van der Waals surface area contributed by atoms with E-state index in [1.54, 1.807) is 6.07 Å². The molecule has 0 aliphatic rings. The van der Waals surface area contributed by atoms with Gasteiger partial charge in [-0.15, -0.1) is 0 Å². The van der Waals surface area contributed by atoms with Crippen molar-refractivity contribution in [2.45, 2.75) is 6.42 Å². The van der Waals surface area contributed by atoms with Crippen molar-refractivity contribution >= 4 is 22.6 Å². The second kappa shape index (κ2) is 6.53. The molecule has 0 atom stereocenters. The monoisotopic (exact) mass is 275 g/mol. The summed E-state index contributed by atoms with van der Waals surface area (Å²) in [6.45, 7) is -0.0226. The van der Waals surface area contributed by atoms with E-state index in [2.05, 4.69) is 36.9 Å². The number of pyridine rings is 1. The fraction of sp³-hybridized carbons (Fsp3) is 0.182. The van der Waals surface area contributed by atoms with E-state index < -0.39 is 0 Å². The van der Waals surface area contributed by atoms with E-state index in [1.165, 1.54) is 12.4 Å². The van der Waals surface area contributed by atoms with Crippen molar-refractivity contribution in [2.24, 2.45) is 0 Å². The molecule has 2 N–H and O–H groups in total. The van der Waals surface area contributed by atoms with Gasteiger partial charge in [0.1, 0.15) is 0 Å². The SMILES string of the molecule is O=C(Nc1nnns1)c1ccncc1C#CCCO. The van der Waals surface area contributed by atoms with Gasteiger partial charge in [0.25, 0.3) is 5.91 Å². The van der Waals surface area contributed by atoms with E-state index in [1.807, 2.05) is 0 Å². The first-order valence-electron chi connectivity index (χ1n) is 5.31. The van der Waals surface area contributed by atoms with E-state index in [-0.39, 0.29) is 12.5 Å². The summed E-state index contributed by atoms with van der Waals surface area (Å²) in [4.78, 5) is 15.9. The number of aliphatic hydroxyl groups is 1. The van der Waals surface area contributed by atoms with Gasteiger partial charge < -0.3 is 5.11 Å². The third kappa shape index (κ3) is 3.54. The number of hydrogen-bond acceptors (Lipinski definition) is 7. The summed E-state index contributed by atoms with van der Waals surface area (Å²) in [5.74, 6) is 5.19. The Bertz CT molecular complexity index is 618. The van der Waals surface area contributed by atoms with Gasteiger partial charge in [-0.3, -0.25) is 15.1 Å². The Morgan fingerprint density at radius 1 is 1.53 bits per heavy atom. The molecule has 0 aromatic carbocycles. The number of hydrogen-bond donors (Lipinski definition) is 2. The fourth-order valence-corrected chi connectivity index (χ4v) is 1.61. The predicted octanol–water partition coefficient (Wildman–Crippen LogP) is 0.314. The Morgan fingerprint density at radius 3 is 3.16 bits per heavy atom. The predicted molar refractivity (Wildman–Crippen MR) is 68.5 cm³/mol. The molecule has 96 valence electrons. The van der Waals surface area contributed by atoms with Crippen LogP contribution in [0.5, 0.6) is 0 Å². The molecule has 2 heterocycles. The molecule has 0 saturated heterocycles. The minimum atomic E-state index is -0.353. The molecule has 8 heteroatoms. The molecule has 2 rings (SSSR count). The average molecular weight is 275 g/mol. The second-order valence-corrected chi connectivity index (χ2v) is 4.05. The minimum absolute atomic E-state index is 0.0226. The zero-order chi connectivity index (χ0) is 13.5. The van der Waals surface area contributed by atoms with Gasteiger partial charge in [0.05, 0.1) is 17.7 Å². The van der Waals surface area contributed by atoms with Crippen molar-refractivity contribution in [1.29, 1.82) is 0 Å². The zero-order valence-corrected chi connectivity index (χ0v) is 10.5. The van der Waals surface area contributed by atoms with Crippen LogP contribution in [0.1, 0.15) is 22.3 Å². The molecule has 0 fully saturated rings. The van der Waals surface area contributed by atoms with E-state index in [0.717, 1.165) is 11.5 Å². The molecule has 0 saturated carbocycles. The van der Waals surface area contributed by atoms with Crippen LogP contribution in [0, 0.1) is 11.8 Å². The fourth-order valence-electron chi connectivity index (χ4n) is 1.25. The lowest BCUT2D eigenvalue weighted by Gasteiger charge is -2.02. The number of anilines is 1. The third-order valence-electron chi connectivity index (χ3n) is 2.05. The highest BCUT2D eigenvalue weighted by Crippen LogP contribution is 2.11. The van der Waals surface area contributed by atoms with Crippen LogP contribution in [0.3, 0.4) is 0 Å². The van der Waals surface area contributed by atoms with Gasteiger partial charge in [0.2, 0.25) is 5.13 Å². The number of aliphatic hydroxyl groups excluding tert-OH is 1. The zero-order valence-electron chi connectivity index (χ0n) is 9.70. The molecule has 0 aliphatic heterocycles. The summed E-state index contributed by atoms with van der Waals surface area (Å²) in [6.07, 6.45) is 3.35. The first-order valence-corrected chi connectivity index (χ1v) is 6.08. The molecular weight excluding hydrogens is 266 g/mol. The Morgan fingerprint density at radius 2 is 2.42 bits per heavy atom. The normalized spacial score (nSPS) is 9.53. The largest absolute Gasteiger partial charge is 0.395 e. The second-order valence-electron chi connectivity index (χ2n) is 3.32. The summed E-state index contributed by atoms with van der Waals surface area (Å²) < 4.78 is 3.55. The standard InChI is InChI=1S/C11H9N5O2S/c17-6-2-1-3-8-7-12-5-4-9(8)10(18)13-11-14-15-16-19-11/h4-5,7,17H,2,6H2,(H,13,14,16,18). The Kier molecular flexibility index (Phi) is 4.49. The molecule has 0 bridgehead atoms. The molecular formula is C11H9N5O2S. The van der Waals surface area contributed by atoms with Crippen LogP contribution in [-0.4, -0.2) is 37.4 Å². The number of nitrogens with one attached hydrogen (secondary N) is 1. The lowest BCUT2D eigenvalue weighted by Crippen LogP contribution is -2.13. The number of carbonyl (C=O) groups excluding carboxylic acids is 1. The topological polar surface area (TPSA) is 101 Å². The minimum Gasteiger partial charge on any atom is -0.395 e. The van der Waals surface area contributed by atoms with Crippen LogP contribution in [0.4, 0.5) is 5.13 Å². The maximum Gasteiger partial charge on any atom is 0.258 e. The molecule has 7 nitrogen and oxygen atoms in total. The van der Waals surface area contributed by atoms with Crippen molar-refractivity contribution in [3.63, 3.8) is 0 Å². The molecule has 0 unspecified atom stereocenters. The van der Waals surface area contributed by atoms with E-state index in [4.69, 9.17) is 5.11 Å². The van der Waals surface area contributed by atoms with Crippen molar-refractivity contribution in [3.05, 3.63) is 29.6 Å². The summed E-state index contributed by atoms with van der Waals surface area (Å²) >= 11 is 0.984. The highest BCUT2D eigenvalue weighted by atomic mass is 32.1. The molecule has 1 amide bonds. The highest BCUT2D eigenvalue weighted by molar-refractivity contribution is 7.09. The lowest BCUT2D eigenvalue weighted by molar-refractivity contribution is 0.102. The quantitative estimate of drug-likeness (QED) is 0.782. The van der Waals surface area contributed by atoms with Crippen molar-refractivity contribution in [3.8, 4) is 11.8 Å². The molecule has 2 aromatic heterocycles. The maximum atomic E-state index is 12.0. The van der Waals surface area contributed by atoms with Crippen LogP contribution in [0.2, 0.25) is 0 Å². The van der Waals surface area contributed by atoms with E-state index >= 15 is 0 Å². The molecule has 2 aromatic rings. The lowest BCUT2D eigenvalue weighted by atomic mass is 10.1. The number of aromatic nitrogens is 4. The van der Waals surface area contributed by atoms with Gasteiger partial charge in [-0.05, 0) is 11.3 Å². The van der Waals surface area contributed by atoms with Crippen molar-refractivity contribution < 1.29 is 9.90 Å². The molecule has 19 heavy (non-hydrogen) atoms.